The van der Waals surface area contributed by atoms with Gasteiger partial charge in [-0.05, 0) is 56.2 Å². The molecular weight excluding hydrogens is 396 g/mol. The van der Waals surface area contributed by atoms with E-state index in [0.717, 1.165) is 50.0 Å². The van der Waals surface area contributed by atoms with Gasteiger partial charge in [-0.3, -0.25) is 4.79 Å². The lowest BCUT2D eigenvalue weighted by Gasteiger charge is -2.19. The lowest BCUT2D eigenvalue weighted by molar-refractivity contribution is 0.0737. The van der Waals surface area contributed by atoms with E-state index in [2.05, 4.69) is 39.2 Å². The Labute approximate surface area is 178 Å². The van der Waals surface area contributed by atoms with E-state index < -0.39 is 0 Å². The number of carbonyl (C=O) groups excluding carboxylic acids is 1. The number of amides is 1. The predicted octanol–water partition coefficient (Wildman–Crippen LogP) is 4.65. The van der Waals surface area contributed by atoms with Crippen molar-refractivity contribution in [3.63, 3.8) is 0 Å². The molecule has 0 bridgehead atoms. The van der Waals surface area contributed by atoms with Gasteiger partial charge in [0.25, 0.3) is 5.91 Å². The predicted molar refractivity (Wildman–Crippen MR) is 118 cm³/mol. The molecule has 6 nitrogen and oxygen atoms in total. The zero-order valence-electron chi connectivity index (χ0n) is 17.2. The Balaban J connectivity index is 1.48. The number of aromatic amines is 1. The van der Waals surface area contributed by atoms with Gasteiger partial charge < -0.3 is 14.6 Å². The van der Waals surface area contributed by atoms with E-state index in [-0.39, 0.29) is 5.91 Å². The first kappa shape index (κ1) is 18.8. The Morgan fingerprint density at radius 2 is 1.90 bits per heavy atom. The smallest absolute Gasteiger partial charge is 0.266 e. The fourth-order valence-corrected chi connectivity index (χ4v) is 4.83. The van der Waals surface area contributed by atoms with Crippen LogP contribution >= 0.6 is 11.3 Å². The van der Waals surface area contributed by atoms with Gasteiger partial charge in [-0.15, -0.1) is 11.3 Å². The number of thiazole rings is 1. The zero-order valence-corrected chi connectivity index (χ0v) is 18.0. The standard InChI is InChI=1S/C23H22N4O2S/c1-13-22(30-15(3)24-13)23(28)27-8-9-29-21-7-5-16(10-18(21)12-27)17-4-6-19-20(11-17)26-14(2)25-19/h4-7,10-11H,8-9,12H2,1-3H3,(H,25,26). The maximum absolute atomic E-state index is 13.1. The van der Waals surface area contributed by atoms with E-state index in [4.69, 9.17) is 4.74 Å². The first-order valence-corrected chi connectivity index (χ1v) is 10.8. The van der Waals surface area contributed by atoms with Gasteiger partial charge in [0, 0.05) is 12.1 Å². The SMILES string of the molecule is Cc1nc2ccc(-c3ccc4c(c3)CN(C(=O)c3sc(C)nc3C)CCO4)cc2[nH]1. The van der Waals surface area contributed by atoms with Gasteiger partial charge in [0.15, 0.2) is 0 Å². The molecule has 2 aromatic heterocycles. The number of fused-ring (bicyclic) bond motifs is 2. The van der Waals surface area contributed by atoms with Gasteiger partial charge in [-0.1, -0.05) is 12.1 Å². The first-order valence-electron chi connectivity index (χ1n) is 9.94. The molecule has 0 aliphatic carbocycles. The Morgan fingerprint density at radius 1 is 1.10 bits per heavy atom. The number of nitrogens with zero attached hydrogens (tertiary/aromatic N) is 3. The molecule has 0 spiro atoms. The molecule has 0 saturated carbocycles. The molecule has 3 heterocycles. The van der Waals surface area contributed by atoms with E-state index >= 15 is 0 Å². The van der Waals surface area contributed by atoms with Crippen LogP contribution in [0.2, 0.25) is 0 Å². The van der Waals surface area contributed by atoms with Crippen molar-refractivity contribution >= 4 is 28.3 Å². The monoisotopic (exact) mass is 418 g/mol. The average molecular weight is 419 g/mol. The quantitative estimate of drug-likeness (QED) is 0.515. The highest BCUT2D eigenvalue weighted by atomic mass is 32.1. The van der Waals surface area contributed by atoms with Crippen molar-refractivity contribution in [1.82, 2.24) is 19.9 Å². The van der Waals surface area contributed by atoms with Crippen molar-refractivity contribution in [1.29, 1.82) is 0 Å². The Hall–Kier alpha value is -3.19. The van der Waals surface area contributed by atoms with Crippen molar-refractivity contribution in [2.24, 2.45) is 0 Å². The molecule has 0 radical (unpaired) electrons. The van der Waals surface area contributed by atoms with Crippen LogP contribution in [0.25, 0.3) is 22.2 Å². The summed E-state index contributed by atoms with van der Waals surface area (Å²) in [6.45, 7) is 7.33. The molecule has 152 valence electrons. The largest absolute Gasteiger partial charge is 0.491 e. The number of benzene rings is 2. The summed E-state index contributed by atoms with van der Waals surface area (Å²) in [4.78, 5) is 27.9. The summed E-state index contributed by atoms with van der Waals surface area (Å²) >= 11 is 1.45. The summed E-state index contributed by atoms with van der Waals surface area (Å²) in [5.41, 5.74) is 5.98. The highest BCUT2D eigenvalue weighted by Gasteiger charge is 2.24. The molecule has 0 unspecified atom stereocenters. The van der Waals surface area contributed by atoms with Crippen LogP contribution in [0.5, 0.6) is 5.75 Å². The topological polar surface area (TPSA) is 71.1 Å². The highest BCUT2D eigenvalue weighted by Crippen LogP contribution is 2.31. The molecule has 1 aliphatic rings. The molecule has 1 N–H and O–H groups in total. The molecule has 0 atom stereocenters. The lowest BCUT2D eigenvalue weighted by atomic mass is 10.0. The average Bonchev–Trinajstić information content (AvgIpc) is 3.18. The van der Waals surface area contributed by atoms with Gasteiger partial charge >= 0.3 is 0 Å². The molecule has 0 saturated heterocycles. The van der Waals surface area contributed by atoms with Crippen LogP contribution < -0.4 is 4.74 Å². The van der Waals surface area contributed by atoms with Crippen molar-refractivity contribution in [3.05, 3.63) is 63.4 Å². The number of hydrogen-bond acceptors (Lipinski definition) is 5. The second kappa shape index (κ2) is 7.25. The van der Waals surface area contributed by atoms with Gasteiger partial charge in [-0.25, -0.2) is 9.97 Å². The van der Waals surface area contributed by atoms with Crippen LogP contribution in [0.4, 0.5) is 0 Å². The summed E-state index contributed by atoms with van der Waals surface area (Å²) in [7, 11) is 0. The number of aryl methyl sites for hydroxylation is 3. The number of imidazole rings is 1. The van der Waals surface area contributed by atoms with E-state index in [0.29, 0.717) is 24.6 Å². The summed E-state index contributed by atoms with van der Waals surface area (Å²) in [6.07, 6.45) is 0. The molecule has 2 aromatic carbocycles. The minimum absolute atomic E-state index is 0.0225. The minimum Gasteiger partial charge on any atom is -0.491 e. The molecule has 30 heavy (non-hydrogen) atoms. The first-order chi connectivity index (χ1) is 14.5. The number of aromatic nitrogens is 3. The van der Waals surface area contributed by atoms with Gasteiger partial charge in [0.05, 0.1) is 28.3 Å². The van der Waals surface area contributed by atoms with Crippen molar-refractivity contribution in [2.75, 3.05) is 13.2 Å². The normalized spacial score (nSPS) is 13.8. The number of nitrogens with one attached hydrogen (secondary N) is 1. The Morgan fingerprint density at radius 3 is 2.70 bits per heavy atom. The van der Waals surface area contributed by atoms with Crippen molar-refractivity contribution < 1.29 is 9.53 Å². The van der Waals surface area contributed by atoms with E-state index in [1.807, 2.05) is 37.8 Å². The fourth-order valence-electron chi connectivity index (χ4n) is 3.94. The van der Waals surface area contributed by atoms with Crippen LogP contribution in [0.3, 0.4) is 0 Å². The number of ether oxygens (including phenoxy) is 1. The van der Waals surface area contributed by atoms with Gasteiger partial charge in [0.1, 0.15) is 23.1 Å². The van der Waals surface area contributed by atoms with Crippen molar-refractivity contribution in [2.45, 2.75) is 27.3 Å². The van der Waals surface area contributed by atoms with E-state index in [1.54, 1.807) is 0 Å². The second-order valence-corrected chi connectivity index (χ2v) is 8.80. The fraction of sp³-hybridized carbons (Fsp3) is 0.261. The molecular formula is C23H22N4O2S. The van der Waals surface area contributed by atoms with Crippen molar-refractivity contribution in [3.8, 4) is 16.9 Å². The van der Waals surface area contributed by atoms with Crippen LogP contribution in [0.1, 0.15) is 31.8 Å². The Bertz CT molecular complexity index is 1270. The molecule has 1 amide bonds. The van der Waals surface area contributed by atoms with Gasteiger partial charge in [0.2, 0.25) is 0 Å². The van der Waals surface area contributed by atoms with Crippen LogP contribution in [0.15, 0.2) is 36.4 Å². The third-order valence-electron chi connectivity index (χ3n) is 5.36. The third kappa shape index (κ3) is 3.35. The summed E-state index contributed by atoms with van der Waals surface area (Å²) < 4.78 is 5.94. The highest BCUT2D eigenvalue weighted by molar-refractivity contribution is 7.13. The number of rotatable bonds is 2. The lowest BCUT2D eigenvalue weighted by Crippen LogP contribution is -2.32. The van der Waals surface area contributed by atoms with Gasteiger partial charge in [-0.2, -0.15) is 0 Å². The third-order valence-corrected chi connectivity index (χ3v) is 6.42. The molecule has 0 fully saturated rings. The Kier molecular flexibility index (Phi) is 4.55. The maximum Gasteiger partial charge on any atom is 0.266 e. The zero-order chi connectivity index (χ0) is 20.8. The summed E-state index contributed by atoms with van der Waals surface area (Å²) in [6, 6.07) is 12.4. The number of H-pyrrole nitrogens is 1. The summed E-state index contributed by atoms with van der Waals surface area (Å²) in [5, 5.41) is 0.911. The second-order valence-electron chi connectivity index (χ2n) is 7.60. The van der Waals surface area contributed by atoms with Crippen LogP contribution in [0, 0.1) is 20.8 Å². The minimum atomic E-state index is 0.0225. The molecule has 5 rings (SSSR count). The molecule has 1 aliphatic heterocycles. The van der Waals surface area contributed by atoms with Crippen LogP contribution in [-0.4, -0.2) is 38.9 Å². The van der Waals surface area contributed by atoms with E-state index in [1.165, 1.54) is 11.3 Å². The van der Waals surface area contributed by atoms with Crippen LogP contribution in [-0.2, 0) is 6.54 Å². The molecule has 7 heteroatoms. The molecule has 4 aromatic rings. The number of hydrogen-bond donors (Lipinski definition) is 1. The summed E-state index contributed by atoms with van der Waals surface area (Å²) in [5.74, 6) is 1.76. The van der Waals surface area contributed by atoms with E-state index in [9.17, 15) is 4.79 Å². The maximum atomic E-state index is 13.1. The number of carbonyl (C=O) groups is 1.